The van der Waals surface area contributed by atoms with E-state index >= 15 is 0 Å². The number of halogens is 1. The molecule has 25 heavy (non-hydrogen) atoms. The van der Waals surface area contributed by atoms with Crippen molar-refractivity contribution in [2.45, 2.75) is 37.2 Å². The number of ether oxygens (including phenoxy) is 1. The van der Waals surface area contributed by atoms with Gasteiger partial charge in [0.25, 0.3) is 0 Å². The molecule has 0 saturated heterocycles. The van der Waals surface area contributed by atoms with Crippen molar-refractivity contribution in [3.63, 3.8) is 0 Å². The quantitative estimate of drug-likeness (QED) is 0.298. The van der Waals surface area contributed by atoms with Crippen molar-refractivity contribution >= 4 is 55.2 Å². The molecule has 7 heteroatoms. The third-order valence-electron chi connectivity index (χ3n) is 3.46. The Labute approximate surface area is 163 Å². The molecule has 4 nitrogen and oxygen atoms in total. The van der Waals surface area contributed by atoms with Gasteiger partial charge in [0, 0.05) is 15.4 Å². The van der Waals surface area contributed by atoms with Crippen LogP contribution >= 0.6 is 39.0 Å². The number of carbonyl (C=O) groups is 1. The molecule has 0 unspecified atom stereocenters. The molecular weight excluding hydrogens is 420 g/mol. The van der Waals surface area contributed by atoms with Crippen LogP contribution < -0.4 is 0 Å². The average Bonchev–Trinajstić information content (AvgIpc) is 3.00. The van der Waals surface area contributed by atoms with Crippen LogP contribution in [0.15, 0.2) is 45.5 Å². The second kappa shape index (κ2) is 7.85. The fourth-order valence-electron chi connectivity index (χ4n) is 2.32. The summed E-state index contributed by atoms with van der Waals surface area (Å²) >= 11 is 6.46. The van der Waals surface area contributed by atoms with Gasteiger partial charge in [-0.1, -0.05) is 39.8 Å². The molecule has 0 spiro atoms. The molecule has 0 N–H and O–H groups in total. The summed E-state index contributed by atoms with van der Waals surface area (Å²) in [6.45, 7) is 5.54. The van der Waals surface area contributed by atoms with Crippen LogP contribution in [0, 0.1) is 0 Å². The number of thioether (sulfide) groups is 1. The number of thiophene rings is 1. The molecule has 0 radical (unpaired) electrons. The standard InChI is InChI=1S/C18H17BrN2O2S2/c1-10(2)23-18(22)11(3)25-17-15-14(8-24-16(15)20-9-21-17)12-4-6-13(19)7-5-12/h4-11H,1-3H3/t11-/m0/s1. The molecular formula is C18H17BrN2O2S2. The summed E-state index contributed by atoms with van der Waals surface area (Å²) in [5, 5.41) is 3.54. The number of benzene rings is 1. The number of rotatable bonds is 5. The third kappa shape index (κ3) is 4.22. The lowest BCUT2D eigenvalue weighted by atomic mass is 10.1. The Morgan fingerprint density at radius 1 is 1.20 bits per heavy atom. The lowest BCUT2D eigenvalue weighted by Gasteiger charge is -2.13. The Balaban J connectivity index is 1.97. The van der Waals surface area contributed by atoms with Crippen LogP contribution in [0.4, 0.5) is 0 Å². The number of hydrogen-bond donors (Lipinski definition) is 0. The van der Waals surface area contributed by atoms with Gasteiger partial charge in [-0.2, -0.15) is 0 Å². The van der Waals surface area contributed by atoms with E-state index < -0.39 is 0 Å². The number of fused-ring (bicyclic) bond motifs is 1. The fraction of sp³-hybridized carbons (Fsp3) is 0.278. The maximum Gasteiger partial charge on any atom is 0.319 e. The van der Waals surface area contributed by atoms with Crippen molar-refractivity contribution in [2.75, 3.05) is 0 Å². The number of carbonyl (C=O) groups excluding carboxylic acids is 1. The van der Waals surface area contributed by atoms with E-state index in [1.807, 2.05) is 32.9 Å². The van der Waals surface area contributed by atoms with E-state index in [1.54, 1.807) is 17.7 Å². The summed E-state index contributed by atoms with van der Waals surface area (Å²) in [4.78, 5) is 21.9. The number of hydrogen-bond acceptors (Lipinski definition) is 6. The maximum absolute atomic E-state index is 12.1. The molecule has 3 rings (SSSR count). The van der Waals surface area contributed by atoms with E-state index in [0.29, 0.717) is 0 Å². The molecule has 1 aromatic carbocycles. The van der Waals surface area contributed by atoms with E-state index in [4.69, 9.17) is 4.74 Å². The topological polar surface area (TPSA) is 52.1 Å². The summed E-state index contributed by atoms with van der Waals surface area (Å²) in [5.41, 5.74) is 2.18. The molecule has 0 bridgehead atoms. The first-order valence-electron chi connectivity index (χ1n) is 7.81. The molecule has 0 aliphatic carbocycles. The highest BCUT2D eigenvalue weighted by Crippen LogP contribution is 2.39. The molecule has 2 heterocycles. The van der Waals surface area contributed by atoms with Gasteiger partial charge in [0.2, 0.25) is 0 Å². The van der Waals surface area contributed by atoms with E-state index in [1.165, 1.54) is 11.8 Å². The molecule has 1 atom stereocenters. The van der Waals surface area contributed by atoms with E-state index in [0.717, 1.165) is 30.8 Å². The molecule has 0 aliphatic rings. The molecule has 0 fully saturated rings. The van der Waals surface area contributed by atoms with Gasteiger partial charge in [-0.05, 0) is 38.5 Å². The molecule has 2 aromatic heterocycles. The highest BCUT2D eigenvalue weighted by atomic mass is 79.9. The Kier molecular flexibility index (Phi) is 5.76. The van der Waals surface area contributed by atoms with E-state index in [-0.39, 0.29) is 17.3 Å². The smallest absolute Gasteiger partial charge is 0.319 e. The van der Waals surface area contributed by atoms with Gasteiger partial charge >= 0.3 is 5.97 Å². The van der Waals surface area contributed by atoms with Gasteiger partial charge in [0.1, 0.15) is 21.4 Å². The lowest BCUT2D eigenvalue weighted by molar-refractivity contribution is -0.146. The van der Waals surface area contributed by atoms with Gasteiger partial charge in [-0.15, -0.1) is 11.3 Å². The Morgan fingerprint density at radius 3 is 2.60 bits per heavy atom. The monoisotopic (exact) mass is 436 g/mol. The maximum atomic E-state index is 12.1. The summed E-state index contributed by atoms with van der Waals surface area (Å²) < 4.78 is 6.33. The molecule has 0 aliphatic heterocycles. The van der Waals surface area contributed by atoms with E-state index in [2.05, 4.69) is 43.4 Å². The second-order valence-electron chi connectivity index (χ2n) is 5.76. The van der Waals surface area contributed by atoms with Crippen molar-refractivity contribution < 1.29 is 9.53 Å². The largest absolute Gasteiger partial charge is 0.462 e. The number of esters is 1. The van der Waals surface area contributed by atoms with E-state index in [9.17, 15) is 4.79 Å². The summed E-state index contributed by atoms with van der Waals surface area (Å²) in [6.07, 6.45) is 1.42. The fourth-order valence-corrected chi connectivity index (χ4v) is 4.49. The van der Waals surface area contributed by atoms with Crippen molar-refractivity contribution in [2.24, 2.45) is 0 Å². The predicted octanol–water partition coefficient (Wildman–Crippen LogP) is 5.55. The van der Waals surface area contributed by atoms with Crippen LogP contribution in [0.1, 0.15) is 20.8 Å². The minimum absolute atomic E-state index is 0.125. The zero-order chi connectivity index (χ0) is 18.0. The third-order valence-corrected chi connectivity index (χ3v) is 5.96. The van der Waals surface area contributed by atoms with Crippen molar-refractivity contribution in [1.29, 1.82) is 0 Å². The van der Waals surface area contributed by atoms with Gasteiger partial charge in [-0.25, -0.2) is 9.97 Å². The second-order valence-corrected chi connectivity index (χ2v) is 8.86. The highest BCUT2D eigenvalue weighted by molar-refractivity contribution is 9.10. The zero-order valence-corrected chi connectivity index (χ0v) is 17.2. The average molecular weight is 437 g/mol. The highest BCUT2D eigenvalue weighted by Gasteiger charge is 2.21. The van der Waals surface area contributed by atoms with Crippen molar-refractivity contribution in [3.8, 4) is 11.1 Å². The van der Waals surface area contributed by atoms with Crippen LogP contribution in [0.25, 0.3) is 21.3 Å². The van der Waals surface area contributed by atoms with Crippen LogP contribution in [-0.2, 0) is 9.53 Å². The zero-order valence-electron chi connectivity index (χ0n) is 14.0. The first kappa shape index (κ1) is 18.4. The summed E-state index contributed by atoms with van der Waals surface area (Å²) in [5.74, 6) is -0.229. The van der Waals surface area contributed by atoms with Gasteiger partial charge in [0.15, 0.2) is 0 Å². The number of nitrogens with zero attached hydrogens (tertiary/aromatic N) is 2. The first-order chi connectivity index (χ1) is 12.0. The summed E-state index contributed by atoms with van der Waals surface area (Å²) in [6, 6.07) is 8.14. The van der Waals surface area contributed by atoms with Gasteiger partial charge in [0.05, 0.1) is 11.5 Å². The minimum atomic E-state index is -0.335. The van der Waals surface area contributed by atoms with Crippen LogP contribution in [-0.4, -0.2) is 27.3 Å². The molecule has 0 saturated carbocycles. The Bertz CT molecular complexity index is 894. The van der Waals surface area contributed by atoms with Crippen LogP contribution in [0.2, 0.25) is 0 Å². The number of aromatic nitrogens is 2. The lowest BCUT2D eigenvalue weighted by Crippen LogP contribution is -2.20. The van der Waals surface area contributed by atoms with Crippen LogP contribution in [0.3, 0.4) is 0 Å². The Hall–Kier alpha value is -1.44. The van der Waals surface area contributed by atoms with Crippen molar-refractivity contribution in [3.05, 3.63) is 40.4 Å². The summed E-state index contributed by atoms with van der Waals surface area (Å²) in [7, 11) is 0. The normalized spacial score (nSPS) is 12.5. The van der Waals surface area contributed by atoms with Gasteiger partial charge < -0.3 is 4.74 Å². The van der Waals surface area contributed by atoms with Gasteiger partial charge in [-0.3, -0.25) is 4.79 Å². The SMILES string of the molecule is CC(C)OC(=O)[C@H](C)Sc1ncnc2scc(-c3ccc(Br)cc3)c12. The van der Waals surface area contributed by atoms with Crippen LogP contribution in [0.5, 0.6) is 0 Å². The molecule has 130 valence electrons. The first-order valence-corrected chi connectivity index (χ1v) is 10.4. The minimum Gasteiger partial charge on any atom is -0.462 e. The van der Waals surface area contributed by atoms with Crippen molar-refractivity contribution in [1.82, 2.24) is 9.97 Å². The molecule has 3 aromatic rings. The molecule has 0 amide bonds. The Morgan fingerprint density at radius 2 is 1.92 bits per heavy atom. The predicted molar refractivity (Wildman–Crippen MR) is 107 cm³/mol.